The van der Waals surface area contributed by atoms with Crippen molar-refractivity contribution >= 4 is 26.0 Å². The Hall–Kier alpha value is -1.41. The summed E-state index contributed by atoms with van der Waals surface area (Å²) in [5, 5.41) is 3.67. The topological polar surface area (TPSA) is 15.3 Å². The summed E-state index contributed by atoms with van der Waals surface area (Å²) in [5.41, 5.74) is 6.17. The van der Waals surface area contributed by atoms with E-state index in [-0.39, 0.29) is 0 Å². The minimum absolute atomic E-state index is 0.638. The lowest BCUT2D eigenvalue weighted by molar-refractivity contribution is 0.304. The standard InChI is InChI=1S/C22H25BN2P/c1-2-6-16(7-3-1)17-10-12-25(13-11-17)22-20-15-24-14-19(20)18-8-4-5-9-21(18)23-26-22/h1-9,17,19-20,24H,10-15H2/t19-,20+/m0/s1. The van der Waals surface area contributed by atoms with Crippen LogP contribution in [0.4, 0.5) is 0 Å². The molecule has 2 saturated heterocycles. The van der Waals surface area contributed by atoms with Crippen LogP contribution in [0.3, 0.4) is 0 Å². The second kappa shape index (κ2) is 7.31. The van der Waals surface area contributed by atoms with E-state index in [2.05, 4.69) is 71.8 Å². The SMILES string of the molecule is [B]1P=C(N2CCC(c3ccccc3)CC2)[C@@H]2CNC[C@H]2c2ccccc21. The lowest BCUT2D eigenvalue weighted by Gasteiger charge is -2.36. The predicted molar refractivity (Wildman–Crippen MR) is 113 cm³/mol. The van der Waals surface area contributed by atoms with E-state index < -0.39 is 0 Å². The van der Waals surface area contributed by atoms with Gasteiger partial charge < -0.3 is 5.32 Å². The van der Waals surface area contributed by atoms with Crippen molar-refractivity contribution in [1.82, 2.24) is 10.2 Å². The van der Waals surface area contributed by atoms with Crippen LogP contribution in [0.1, 0.15) is 35.8 Å². The molecule has 3 heterocycles. The maximum atomic E-state index is 3.67. The highest BCUT2D eigenvalue weighted by atomic mass is 31.0. The largest absolute Gasteiger partial charge is 0.315 e. The average Bonchev–Trinajstić information content (AvgIpc) is 3.13. The Morgan fingerprint density at radius 3 is 2.46 bits per heavy atom. The Labute approximate surface area is 159 Å². The van der Waals surface area contributed by atoms with Gasteiger partial charge in [0.15, 0.2) is 0 Å². The first-order valence-electron chi connectivity index (χ1n) is 9.90. The first kappa shape index (κ1) is 16.7. The maximum absolute atomic E-state index is 3.67. The van der Waals surface area contributed by atoms with Gasteiger partial charge in [0.05, 0.1) is 0 Å². The van der Waals surface area contributed by atoms with Gasteiger partial charge in [0.1, 0.15) is 0 Å². The first-order chi connectivity index (χ1) is 12.9. The van der Waals surface area contributed by atoms with Crippen LogP contribution in [0.15, 0.2) is 54.6 Å². The number of benzene rings is 2. The summed E-state index contributed by atoms with van der Waals surface area (Å²) >= 11 is 0. The van der Waals surface area contributed by atoms with Crippen LogP contribution >= 0.6 is 8.08 Å². The maximum Gasteiger partial charge on any atom is 0.223 e. The third kappa shape index (κ3) is 3.07. The van der Waals surface area contributed by atoms with Crippen molar-refractivity contribution in [3.8, 4) is 0 Å². The quantitative estimate of drug-likeness (QED) is 0.655. The zero-order valence-electron chi connectivity index (χ0n) is 15.1. The summed E-state index contributed by atoms with van der Waals surface area (Å²) in [5.74, 6) is 2.03. The fourth-order valence-corrected chi connectivity index (χ4v) is 6.29. The van der Waals surface area contributed by atoms with Gasteiger partial charge in [-0.3, -0.25) is 4.90 Å². The molecule has 0 aromatic heterocycles. The van der Waals surface area contributed by atoms with E-state index in [0.29, 0.717) is 11.8 Å². The second-order valence-corrected chi connectivity index (χ2v) is 8.76. The Morgan fingerprint density at radius 1 is 0.885 bits per heavy atom. The Kier molecular flexibility index (Phi) is 4.71. The third-order valence-corrected chi connectivity index (χ3v) is 7.65. The van der Waals surface area contributed by atoms with Crippen LogP contribution in [-0.4, -0.2) is 43.5 Å². The molecule has 3 aliphatic rings. The van der Waals surface area contributed by atoms with E-state index in [4.69, 9.17) is 0 Å². The Morgan fingerprint density at radius 2 is 1.62 bits per heavy atom. The first-order valence-corrected chi connectivity index (χ1v) is 10.9. The van der Waals surface area contributed by atoms with E-state index in [1.54, 1.807) is 11.0 Å². The van der Waals surface area contributed by atoms with Crippen LogP contribution in [0.5, 0.6) is 0 Å². The highest BCUT2D eigenvalue weighted by molar-refractivity contribution is 7.73. The van der Waals surface area contributed by atoms with Crippen molar-refractivity contribution < 1.29 is 0 Å². The molecule has 4 heteroatoms. The van der Waals surface area contributed by atoms with E-state index in [1.165, 1.54) is 45.0 Å². The molecule has 5 rings (SSSR count). The normalized spacial score (nSPS) is 27.0. The number of piperidine rings is 1. The molecule has 0 unspecified atom stereocenters. The summed E-state index contributed by atoms with van der Waals surface area (Å²) in [6.45, 7) is 7.11. The van der Waals surface area contributed by atoms with Gasteiger partial charge in [-0.15, -0.1) is 8.08 Å². The molecule has 0 amide bonds. The predicted octanol–water partition coefficient (Wildman–Crippen LogP) is 3.20. The molecule has 1 radical (unpaired) electrons. The van der Waals surface area contributed by atoms with Gasteiger partial charge in [0.2, 0.25) is 7.00 Å². The van der Waals surface area contributed by atoms with Crippen LogP contribution in [0, 0.1) is 5.92 Å². The van der Waals surface area contributed by atoms with Crippen molar-refractivity contribution in [2.24, 2.45) is 5.92 Å². The van der Waals surface area contributed by atoms with Crippen LogP contribution in [0.2, 0.25) is 0 Å². The number of hydrogen-bond acceptors (Lipinski definition) is 2. The highest BCUT2D eigenvalue weighted by Crippen LogP contribution is 2.36. The molecule has 2 fully saturated rings. The molecular weight excluding hydrogens is 334 g/mol. The van der Waals surface area contributed by atoms with Gasteiger partial charge in [-0.2, -0.15) is 0 Å². The lowest BCUT2D eigenvalue weighted by Crippen LogP contribution is -2.42. The molecule has 0 saturated carbocycles. The minimum Gasteiger partial charge on any atom is -0.315 e. The number of nitrogens with zero attached hydrogens (tertiary/aromatic N) is 1. The molecule has 1 N–H and O–H groups in total. The summed E-state index contributed by atoms with van der Waals surface area (Å²) in [6.07, 6.45) is 2.56. The molecule has 2 atom stereocenters. The van der Waals surface area contributed by atoms with E-state index >= 15 is 0 Å². The van der Waals surface area contributed by atoms with Crippen molar-refractivity contribution in [3.05, 3.63) is 65.7 Å². The molecule has 0 bridgehead atoms. The van der Waals surface area contributed by atoms with Gasteiger partial charge in [-0.25, -0.2) is 0 Å². The Balaban J connectivity index is 1.35. The van der Waals surface area contributed by atoms with E-state index in [1.807, 2.05) is 0 Å². The molecule has 131 valence electrons. The number of fused-ring (bicyclic) bond motifs is 3. The fourth-order valence-electron chi connectivity index (χ4n) is 4.96. The smallest absolute Gasteiger partial charge is 0.223 e. The molecule has 26 heavy (non-hydrogen) atoms. The average molecular weight is 359 g/mol. The van der Waals surface area contributed by atoms with Gasteiger partial charge >= 0.3 is 0 Å². The van der Waals surface area contributed by atoms with Gasteiger partial charge in [-0.1, -0.05) is 60.1 Å². The van der Waals surface area contributed by atoms with Crippen molar-refractivity contribution in [2.75, 3.05) is 26.2 Å². The number of likely N-dealkylation sites (tertiary alicyclic amines) is 1. The van der Waals surface area contributed by atoms with Crippen LogP contribution < -0.4 is 10.8 Å². The number of rotatable bonds is 2. The summed E-state index contributed by atoms with van der Waals surface area (Å²) < 4.78 is 0. The lowest BCUT2D eigenvalue weighted by atomic mass is 9.79. The summed E-state index contributed by atoms with van der Waals surface area (Å²) in [4.78, 5) is 2.72. The Bertz CT molecular complexity index is 799. The van der Waals surface area contributed by atoms with Gasteiger partial charge in [-0.05, 0) is 29.9 Å². The molecule has 0 spiro atoms. The minimum atomic E-state index is 0.638. The highest BCUT2D eigenvalue weighted by Gasteiger charge is 2.37. The van der Waals surface area contributed by atoms with Gasteiger partial charge in [0, 0.05) is 43.4 Å². The third-order valence-electron chi connectivity index (χ3n) is 6.37. The summed E-state index contributed by atoms with van der Waals surface area (Å²) in [7, 11) is 1.41. The molecule has 3 aliphatic heterocycles. The fraction of sp³-hybridized carbons (Fsp3) is 0.409. The van der Waals surface area contributed by atoms with E-state index in [0.717, 1.165) is 19.0 Å². The number of nitrogens with one attached hydrogen (secondary N) is 1. The van der Waals surface area contributed by atoms with Crippen molar-refractivity contribution in [1.29, 1.82) is 0 Å². The van der Waals surface area contributed by atoms with Crippen molar-refractivity contribution in [3.63, 3.8) is 0 Å². The summed E-state index contributed by atoms with van der Waals surface area (Å²) in [6, 6.07) is 20.1. The van der Waals surface area contributed by atoms with Crippen LogP contribution in [0.25, 0.3) is 0 Å². The molecular formula is C22H25BN2P. The molecule has 2 nitrogen and oxygen atoms in total. The monoisotopic (exact) mass is 359 g/mol. The molecule has 2 aromatic carbocycles. The van der Waals surface area contributed by atoms with Crippen molar-refractivity contribution in [2.45, 2.75) is 24.7 Å². The second-order valence-electron chi connectivity index (χ2n) is 7.79. The van der Waals surface area contributed by atoms with Crippen LogP contribution in [-0.2, 0) is 0 Å². The van der Waals surface area contributed by atoms with Gasteiger partial charge in [0.25, 0.3) is 0 Å². The molecule has 0 aliphatic carbocycles. The number of hydrogen-bond donors (Lipinski definition) is 1. The molecule has 2 aromatic rings. The zero-order chi connectivity index (χ0) is 17.3. The zero-order valence-corrected chi connectivity index (χ0v) is 16.0. The van der Waals surface area contributed by atoms with E-state index in [9.17, 15) is 0 Å².